The first-order chi connectivity index (χ1) is 7.90. The molecule has 1 N–H and O–H groups in total. The van der Waals surface area contributed by atoms with E-state index in [1.165, 1.54) is 0 Å². The van der Waals surface area contributed by atoms with Crippen molar-refractivity contribution in [2.45, 2.75) is 52.1 Å². The highest BCUT2D eigenvalue weighted by molar-refractivity contribution is 5.83. The molecule has 98 valence electrons. The molecule has 0 aromatic carbocycles. The monoisotopic (exact) mass is 240 g/mol. The number of hydrogen-bond donors (Lipinski definition) is 1. The first kappa shape index (κ1) is 14.2. The lowest BCUT2D eigenvalue weighted by atomic mass is 9.97. The Bertz CT molecular complexity index is 289. The van der Waals surface area contributed by atoms with Crippen LogP contribution in [0.25, 0.3) is 0 Å². The van der Waals surface area contributed by atoms with Gasteiger partial charge < -0.3 is 10.1 Å². The molecule has 0 bridgehead atoms. The summed E-state index contributed by atoms with van der Waals surface area (Å²) in [7, 11) is 1.99. The van der Waals surface area contributed by atoms with E-state index < -0.39 is 0 Å². The molecule has 1 saturated heterocycles. The highest BCUT2D eigenvalue weighted by atomic mass is 16.2. The van der Waals surface area contributed by atoms with Gasteiger partial charge in [-0.15, -0.1) is 0 Å². The number of nitrogens with zero attached hydrogens (tertiary/aromatic N) is 1. The minimum absolute atomic E-state index is 0.0106. The Morgan fingerprint density at radius 2 is 2.18 bits per heavy atom. The zero-order valence-electron chi connectivity index (χ0n) is 11.3. The Balaban J connectivity index is 2.49. The van der Waals surface area contributed by atoms with Crippen molar-refractivity contribution in [1.82, 2.24) is 10.2 Å². The quantitative estimate of drug-likeness (QED) is 0.785. The second-order valence-electron chi connectivity index (χ2n) is 5.53. The van der Waals surface area contributed by atoms with Crippen LogP contribution in [0.5, 0.6) is 0 Å². The van der Waals surface area contributed by atoms with Crippen molar-refractivity contribution >= 4 is 11.7 Å². The molecule has 4 nitrogen and oxygen atoms in total. The van der Waals surface area contributed by atoms with E-state index in [0.717, 1.165) is 19.4 Å². The van der Waals surface area contributed by atoms with E-state index in [-0.39, 0.29) is 23.8 Å². The molecule has 0 aliphatic carbocycles. The molecular formula is C13H24N2O2. The molecule has 1 rings (SSSR count). The van der Waals surface area contributed by atoms with Crippen molar-refractivity contribution in [3.63, 3.8) is 0 Å². The van der Waals surface area contributed by atoms with Crippen LogP contribution in [0.2, 0.25) is 0 Å². The maximum absolute atomic E-state index is 12.0. The number of carbonyl (C=O) groups is 2. The van der Waals surface area contributed by atoms with Crippen molar-refractivity contribution in [3.8, 4) is 0 Å². The smallest absolute Gasteiger partial charge is 0.237 e. The van der Waals surface area contributed by atoms with Crippen LogP contribution in [0.4, 0.5) is 0 Å². The zero-order chi connectivity index (χ0) is 13.0. The normalized spacial score (nSPS) is 26.1. The topological polar surface area (TPSA) is 49.4 Å². The van der Waals surface area contributed by atoms with Crippen molar-refractivity contribution < 1.29 is 9.59 Å². The molecule has 0 radical (unpaired) electrons. The number of nitrogens with one attached hydrogen (secondary N) is 1. The summed E-state index contributed by atoms with van der Waals surface area (Å²) >= 11 is 0. The average molecular weight is 240 g/mol. The average Bonchev–Trinajstić information content (AvgIpc) is 2.20. The Labute approximate surface area is 104 Å². The highest BCUT2D eigenvalue weighted by Gasteiger charge is 2.32. The molecule has 0 spiro atoms. The summed E-state index contributed by atoms with van der Waals surface area (Å²) in [4.78, 5) is 25.0. The van der Waals surface area contributed by atoms with E-state index in [0.29, 0.717) is 12.3 Å². The number of amides is 1. The Hall–Kier alpha value is -0.900. The van der Waals surface area contributed by atoms with Crippen LogP contribution in [0.3, 0.4) is 0 Å². The van der Waals surface area contributed by atoms with Crippen molar-refractivity contribution in [3.05, 3.63) is 0 Å². The van der Waals surface area contributed by atoms with Gasteiger partial charge in [0.05, 0.1) is 6.04 Å². The van der Waals surface area contributed by atoms with Crippen LogP contribution in [-0.4, -0.2) is 42.3 Å². The summed E-state index contributed by atoms with van der Waals surface area (Å²) in [5.41, 5.74) is 0. The van der Waals surface area contributed by atoms with Gasteiger partial charge in [0.2, 0.25) is 5.91 Å². The van der Waals surface area contributed by atoms with Crippen LogP contribution in [-0.2, 0) is 9.59 Å². The molecule has 4 heteroatoms. The third-order valence-electron chi connectivity index (χ3n) is 3.23. The summed E-state index contributed by atoms with van der Waals surface area (Å²) in [6.07, 6.45) is 2.19. The molecule has 2 atom stereocenters. The van der Waals surface area contributed by atoms with E-state index in [1.807, 2.05) is 7.05 Å². The number of piperazine rings is 1. The van der Waals surface area contributed by atoms with Crippen LogP contribution in [0, 0.1) is 5.92 Å². The second kappa shape index (κ2) is 6.15. The third-order valence-corrected chi connectivity index (χ3v) is 3.23. The summed E-state index contributed by atoms with van der Waals surface area (Å²) in [6.45, 7) is 6.69. The lowest BCUT2D eigenvalue weighted by Crippen LogP contribution is -2.58. The number of likely N-dealkylation sites (N-methyl/N-ethyl adjacent to an activating group) is 1. The van der Waals surface area contributed by atoms with Gasteiger partial charge in [-0.1, -0.05) is 13.8 Å². The summed E-state index contributed by atoms with van der Waals surface area (Å²) in [5, 5.41) is 3.02. The Morgan fingerprint density at radius 1 is 1.53 bits per heavy atom. The fourth-order valence-electron chi connectivity index (χ4n) is 2.29. The van der Waals surface area contributed by atoms with Gasteiger partial charge >= 0.3 is 0 Å². The number of carbonyl (C=O) groups excluding carboxylic acids is 2. The Morgan fingerprint density at radius 3 is 2.65 bits per heavy atom. The molecule has 0 saturated carbocycles. The second-order valence-corrected chi connectivity index (χ2v) is 5.53. The van der Waals surface area contributed by atoms with Gasteiger partial charge in [-0.2, -0.15) is 0 Å². The summed E-state index contributed by atoms with van der Waals surface area (Å²) in [6, 6.07) is 0.114. The zero-order valence-corrected chi connectivity index (χ0v) is 11.3. The first-order valence-electron chi connectivity index (χ1n) is 6.40. The molecule has 0 aromatic rings. The molecule has 1 aliphatic heterocycles. The van der Waals surface area contributed by atoms with E-state index in [1.54, 1.807) is 6.92 Å². The minimum Gasteiger partial charge on any atom is -0.351 e. The molecule has 1 aliphatic rings. The Kier molecular flexibility index (Phi) is 5.12. The van der Waals surface area contributed by atoms with E-state index in [9.17, 15) is 9.59 Å². The SMILES string of the molecule is CC(=O)CC[C@H]1CN(C)[C@H](CC(C)C)C(=O)N1. The van der Waals surface area contributed by atoms with Crippen molar-refractivity contribution in [2.24, 2.45) is 5.92 Å². The van der Waals surface area contributed by atoms with Crippen LogP contribution >= 0.6 is 0 Å². The number of hydrogen-bond acceptors (Lipinski definition) is 3. The number of Topliss-reactive ketones (excluding diaryl/α,β-unsaturated/α-hetero) is 1. The molecule has 1 fully saturated rings. The van der Waals surface area contributed by atoms with Crippen LogP contribution in [0.1, 0.15) is 40.0 Å². The highest BCUT2D eigenvalue weighted by Crippen LogP contribution is 2.16. The van der Waals surface area contributed by atoms with E-state index in [2.05, 4.69) is 24.1 Å². The number of ketones is 1. The van der Waals surface area contributed by atoms with Crippen LogP contribution in [0.15, 0.2) is 0 Å². The first-order valence-corrected chi connectivity index (χ1v) is 6.40. The van der Waals surface area contributed by atoms with Gasteiger partial charge in [0.25, 0.3) is 0 Å². The molecule has 1 heterocycles. The molecule has 1 amide bonds. The molecule has 0 unspecified atom stereocenters. The fourth-order valence-corrected chi connectivity index (χ4v) is 2.29. The molecule has 17 heavy (non-hydrogen) atoms. The van der Waals surface area contributed by atoms with E-state index in [4.69, 9.17) is 0 Å². The molecule has 0 aromatic heterocycles. The van der Waals surface area contributed by atoms with Gasteiger partial charge in [0.1, 0.15) is 5.78 Å². The predicted octanol–water partition coefficient (Wildman–Crippen LogP) is 1.20. The standard InChI is InChI=1S/C13H24N2O2/c1-9(2)7-12-13(17)14-11(8-15(12)4)6-5-10(3)16/h9,11-12H,5-8H2,1-4H3,(H,14,17)/t11-,12+/m0/s1. The van der Waals surface area contributed by atoms with Gasteiger partial charge in [-0.3, -0.25) is 9.69 Å². The number of rotatable bonds is 5. The lowest BCUT2D eigenvalue weighted by molar-refractivity contribution is -0.131. The maximum Gasteiger partial charge on any atom is 0.237 e. The van der Waals surface area contributed by atoms with Crippen molar-refractivity contribution in [1.29, 1.82) is 0 Å². The fraction of sp³-hybridized carbons (Fsp3) is 0.846. The molecular weight excluding hydrogens is 216 g/mol. The maximum atomic E-state index is 12.0. The van der Waals surface area contributed by atoms with Gasteiger partial charge in [0.15, 0.2) is 0 Å². The summed E-state index contributed by atoms with van der Waals surface area (Å²) < 4.78 is 0. The largest absolute Gasteiger partial charge is 0.351 e. The van der Waals surface area contributed by atoms with Crippen LogP contribution < -0.4 is 5.32 Å². The van der Waals surface area contributed by atoms with Gasteiger partial charge in [0, 0.05) is 19.0 Å². The van der Waals surface area contributed by atoms with E-state index >= 15 is 0 Å². The lowest BCUT2D eigenvalue weighted by Gasteiger charge is -2.37. The predicted molar refractivity (Wildman–Crippen MR) is 67.7 cm³/mol. The van der Waals surface area contributed by atoms with Gasteiger partial charge in [-0.05, 0) is 32.7 Å². The van der Waals surface area contributed by atoms with Gasteiger partial charge in [-0.25, -0.2) is 0 Å². The van der Waals surface area contributed by atoms with Crippen molar-refractivity contribution in [2.75, 3.05) is 13.6 Å². The minimum atomic E-state index is -0.0106. The summed E-state index contributed by atoms with van der Waals surface area (Å²) in [5.74, 6) is 0.814. The third kappa shape index (κ3) is 4.46.